The normalized spacial score (nSPS) is 24.9. The molecule has 0 saturated carbocycles. The van der Waals surface area contributed by atoms with Crippen LogP contribution in [0.1, 0.15) is 18.9 Å². The number of nitrogens with two attached hydrogens (primary N) is 1. The lowest BCUT2D eigenvalue weighted by Gasteiger charge is -2.14. The average Bonchev–Trinajstić information content (AvgIpc) is 2.63. The topological polar surface area (TPSA) is 35.2 Å². The molecule has 2 atom stereocenters. The molecule has 16 heavy (non-hydrogen) atoms. The third kappa shape index (κ3) is 3.00. The van der Waals surface area contributed by atoms with Gasteiger partial charge in [-0.2, -0.15) is 0 Å². The van der Waals surface area contributed by atoms with E-state index < -0.39 is 0 Å². The van der Waals surface area contributed by atoms with Crippen molar-refractivity contribution in [2.24, 2.45) is 5.73 Å². The van der Waals surface area contributed by atoms with Gasteiger partial charge in [0.15, 0.2) is 0 Å². The summed E-state index contributed by atoms with van der Waals surface area (Å²) in [7, 11) is 0. The quantitative estimate of drug-likeness (QED) is 0.931. The first-order valence-corrected chi connectivity index (χ1v) is 7.14. The molecule has 1 heterocycles. The van der Waals surface area contributed by atoms with Crippen LogP contribution < -0.4 is 5.73 Å². The molecule has 1 aliphatic rings. The maximum atomic E-state index is 5.67. The molecular formula is C12H16BrNOS. The summed E-state index contributed by atoms with van der Waals surface area (Å²) < 4.78 is 6.67. The highest BCUT2D eigenvalue weighted by Gasteiger charge is 2.25. The molecule has 2 rings (SSSR count). The van der Waals surface area contributed by atoms with E-state index in [0.717, 1.165) is 17.5 Å². The molecule has 0 radical (unpaired) electrons. The fourth-order valence-corrected chi connectivity index (χ4v) is 3.79. The maximum Gasteiger partial charge on any atom is 0.0669 e. The molecule has 0 aromatic heterocycles. The number of hydrogen-bond acceptors (Lipinski definition) is 3. The van der Waals surface area contributed by atoms with Gasteiger partial charge in [0.25, 0.3) is 0 Å². The predicted molar refractivity (Wildman–Crippen MR) is 71.7 cm³/mol. The second-order valence-electron chi connectivity index (χ2n) is 4.02. The first-order chi connectivity index (χ1) is 7.69. The lowest BCUT2D eigenvalue weighted by Crippen LogP contribution is -2.13. The molecule has 88 valence electrons. The predicted octanol–water partition coefficient (Wildman–Crippen LogP) is 3.18. The Bertz CT molecular complexity index is 372. The Kier molecular flexibility index (Phi) is 4.30. The summed E-state index contributed by atoms with van der Waals surface area (Å²) in [5.41, 5.74) is 6.84. The molecule has 1 aromatic rings. The molecule has 0 aliphatic carbocycles. The van der Waals surface area contributed by atoms with Gasteiger partial charge in [0.1, 0.15) is 0 Å². The largest absolute Gasteiger partial charge is 0.377 e. The van der Waals surface area contributed by atoms with Crippen molar-refractivity contribution >= 4 is 27.7 Å². The van der Waals surface area contributed by atoms with Crippen LogP contribution in [0.2, 0.25) is 0 Å². The summed E-state index contributed by atoms with van der Waals surface area (Å²) in [5.74, 6) is 0. The smallest absolute Gasteiger partial charge is 0.0669 e. The molecule has 0 spiro atoms. The molecule has 0 amide bonds. The summed E-state index contributed by atoms with van der Waals surface area (Å²) in [6.07, 6.45) is 1.49. The number of ether oxygens (including phenoxy) is 1. The Hall–Kier alpha value is -0.0300. The van der Waals surface area contributed by atoms with Crippen molar-refractivity contribution in [1.82, 2.24) is 0 Å². The van der Waals surface area contributed by atoms with Gasteiger partial charge in [-0.3, -0.25) is 0 Å². The number of hydrogen-bond donors (Lipinski definition) is 1. The van der Waals surface area contributed by atoms with Crippen LogP contribution in [0.15, 0.2) is 27.6 Å². The van der Waals surface area contributed by atoms with Crippen LogP contribution in [0.3, 0.4) is 0 Å². The van der Waals surface area contributed by atoms with E-state index in [2.05, 4.69) is 41.1 Å². The third-order valence-electron chi connectivity index (χ3n) is 2.76. The number of benzene rings is 1. The fourth-order valence-electron chi connectivity index (χ4n) is 1.85. The van der Waals surface area contributed by atoms with Crippen LogP contribution in [-0.2, 0) is 11.3 Å². The monoisotopic (exact) mass is 301 g/mol. The summed E-state index contributed by atoms with van der Waals surface area (Å²) in [6, 6.07) is 6.38. The molecule has 1 saturated heterocycles. The van der Waals surface area contributed by atoms with E-state index in [1.165, 1.54) is 10.5 Å². The molecular weight excluding hydrogens is 286 g/mol. The fraction of sp³-hybridized carbons (Fsp3) is 0.500. The summed E-state index contributed by atoms with van der Waals surface area (Å²) in [5, 5.41) is 0.569. The van der Waals surface area contributed by atoms with Crippen molar-refractivity contribution < 1.29 is 4.74 Å². The van der Waals surface area contributed by atoms with Gasteiger partial charge in [-0.05, 0) is 37.1 Å². The van der Waals surface area contributed by atoms with Crippen LogP contribution in [0.25, 0.3) is 0 Å². The minimum Gasteiger partial charge on any atom is -0.377 e. The Morgan fingerprint density at radius 3 is 2.94 bits per heavy atom. The highest BCUT2D eigenvalue weighted by molar-refractivity contribution is 9.10. The molecule has 2 unspecified atom stereocenters. The average molecular weight is 302 g/mol. The van der Waals surface area contributed by atoms with E-state index in [1.54, 1.807) is 0 Å². The zero-order valence-corrected chi connectivity index (χ0v) is 11.7. The van der Waals surface area contributed by atoms with E-state index in [-0.39, 0.29) is 0 Å². The van der Waals surface area contributed by atoms with E-state index in [4.69, 9.17) is 10.5 Å². The van der Waals surface area contributed by atoms with E-state index >= 15 is 0 Å². The first kappa shape index (κ1) is 12.4. The van der Waals surface area contributed by atoms with Gasteiger partial charge in [0, 0.05) is 27.8 Å². The Morgan fingerprint density at radius 1 is 1.50 bits per heavy atom. The summed E-state index contributed by atoms with van der Waals surface area (Å²) in [4.78, 5) is 1.28. The van der Waals surface area contributed by atoms with Crippen LogP contribution in [-0.4, -0.2) is 18.0 Å². The van der Waals surface area contributed by atoms with Crippen molar-refractivity contribution in [3.8, 4) is 0 Å². The minimum atomic E-state index is 0.352. The van der Waals surface area contributed by atoms with Gasteiger partial charge in [-0.25, -0.2) is 0 Å². The molecule has 2 nitrogen and oxygen atoms in total. The number of rotatable bonds is 3. The summed E-state index contributed by atoms with van der Waals surface area (Å²) >= 11 is 5.41. The third-order valence-corrected chi connectivity index (χ3v) is 4.65. The van der Waals surface area contributed by atoms with Crippen LogP contribution >= 0.6 is 27.7 Å². The first-order valence-electron chi connectivity index (χ1n) is 5.47. The van der Waals surface area contributed by atoms with Crippen molar-refractivity contribution in [3.63, 3.8) is 0 Å². The molecule has 4 heteroatoms. The van der Waals surface area contributed by atoms with Crippen molar-refractivity contribution in [2.45, 2.75) is 36.1 Å². The highest BCUT2D eigenvalue weighted by Crippen LogP contribution is 2.34. The van der Waals surface area contributed by atoms with Gasteiger partial charge in [0.2, 0.25) is 0 Å². The maximum absolute atomic E-state index is 5.67. The van der Waals surface area contributed by atoms with Crippen molar-refractivity contribution in [3.05, 3.63) is 28.2 Å². The van der Waals surface area contributed by atoms with Gasteiger partial charge in [-0.15, -0.1) is 11.8 Å². The lowest BCUT2D eigenvalue weighted by molar-refractivity contribution is 0.127. The van der Waals surface area contributed by atoms with Gasteiger partial charge in [0.05, 0.1) is 6.10 Å². The number of thioether (sulfide) groups is 1. The zero-order valence-electron chi connectivity index (χ0n) is 9.28. The highest BCUT2D eigenvalue weighted by atomic mass is 79.9. The van der Waals surface area contributed by atoms with Crippen LogP contribution in [0.5, 0.6) is 0 Å². The zero-order chi connectivity index (χ0) is 11.5. The van der Waals surface area contributed by atoms with Gasteiger partial charge in [-0.1, -0.05) is 15.9 Å². The Labute approximate surface area is 109 Å². The van der Waals surface area contributed by atoms with Crippen LogP contribution in [0, 0.1) is 0 Å². The minimum absolute atomic E-state index is 0.352. The van der Waals surface area contributed by atoms with E-state index in [1.807, 2.05) is 11.8 Å². The second-order valence-corrected chi connectivity index (χ2v) is 6.25. The second kappa shape index (κ2) is 5.54. The molecule has 1 aromatic carbocycles. The Balaban J connectivity index is 2.11. The molecule has 1 fully saturated rings. The number of halogens is 1. The van der Waals surface area contributed by atoms with E-state index in [9.17, 15) is 0 Å². The molecule has 1 aliphatic heterocycles. The van der Waals surface area contributed by atoms with Crippen molar-refractivity contribution in [2.75, 3.05) is 6.61 Å². The van der Waals surface area contributed by atoms with Gasteiger partial charge < -0.3 is 10.5 Å². The lowest BCUT2D eigenvalue weighted by atomic mass is 10.2. The van der Waals surface area contributed by atoms with Crippen LogP contribution in [0.4, 0.5) is 0 Å². The summed E-state index contributed by atoms with van der Waals surface area (Å²) in [6.45, 7) is 3.62. The van der Waals surface area contributed by atoms with Gasteiger partial charge >= 0.3 is 0 Å². The molecule has 2 N–H and O–H groups in total. The molecule has 0 bridgehead atoms. The SMILES string of the molecule is CC1OCCC1Sc1cc(Br)cc(CN)c1. The Morgan fingerprint density at radius 2 is 2.31 bits per heavy atom. The van der Waals surface area contributed by atoms with E-state index in [0.29, 0.717) is 17.9 Å². The van der Waals surface area contributed by atoms with Crippen molar-refractivity contribution in [1.29, 1.82) is 0 Å². The standard InChI is InChI=1S/C12H16BrNOS/c1-8-12(2-3-15-8)16-11-5-9(7-14)4-10(13)6-11/h4-6,8,12H,2-3,7,14H2,1H3.